The second-order valence-electron chi connectivity index (χ2n) is 7.90. The molecule has 1 amide bonds. The fourth-order valence-electron chi connectivity index (χ4n) is 4.12. The van der Waals surface area contributed by atoms with E-state index in [-0.39, 0.29) is 11.9 Å². The van der Waals surface area contributed by atoms with Gasteiger partial charge in [-0.15, -0.1) is 0 Å². The van der Waals surface area contributed by atoms with Gasteiger partial charge in [0.05, 0.1) is 17.1 Å². The second kappa shape index (κ2) is 12.8. The third kappa shape index (κ3) is 6.76. The highest BCUT2D eigenvalue weighted by Gasteiger charge is 2.31. The van der Waals surface area contributed by atoms with Gasteiger partial charge in [0.25, 0.3) is 5.91 Å². The normalized spacial score (nSPS) is 23.3. The van der Waals surface area contributed by atoms with Gasteiger partial charge >= 0.3 is 0 Å². The summed E-state index contributed by atoms with van der Waals surface area (Å²) in [5.74, 6) is 0.00134. The molecular weight excluding hydrogens is 398 g/mol. The zero-order chi connectivity index (χ0) is 23.5. The van der Waals surface area contributed by atoms with Crippen LogP contribution in [0.4, 0.5) is 0 Å². The Morgan fingerprint density at radius 1 is 1.34 bits per heavy atom. The summed E-state index contributed by atoms with van der Waals surface area (Å²) in [4.78, 5) is 23.5. The minimum atomic E-state index is 0.00134. The molecule has 0 aromatic carbocycles. The monoisotopic (exact) mass is 435 g/mol. The fourth-order valence-corrected chi connectivity index (χ4v) is 4.12. The van der Waals surface area contributed by atoms with Crippen molar-refractivity contribution in [3.63, 3.8) is 0 Å². The average Bonchev–Trinajstić information content (AvgIpc) is 3.17. The van der Waals surface area contributed by atoms with E-state index < -0.39 is 0 Å². The molecule has 0 saturated heterocycles. The number of allylic oxidation sites excluding steroid dienone is 4. The Labute approximate surface area is 193 Å². The van der Waals surface area contributed by atoms with Crippen molar-refractivity contribution < 1.29 is 4.79 Å². The number of carbonyl (C=O) groups is 1. The molecule has 1 saturated carbocycles. The topological polar surface area (TPSA) is 69.1 Å². The Hall–Kier alpha value is -2.99. The summed E-state index contributed by atoms with van der Waals surface area (Å²) >= 11 is 0. The predicted octanol–water partition coefficient (Wildman–Crippen LogP) is 4.08. The quantitative estimate of drug-likeness (QED) is 0.401. The van der Waals surface area contributed by atoms with Crippen LogP contribution in [0.15, 0.2) is 83.3 Å². The zero-order valence-electron chi connectivity index (χ0n) is 19.7. The Balaban J connectivity index is 2.00. The number of likely N-dealkylation sites (N-methyl/N-ethyl adjacent to an activating group) is 1. The Bertz CT molecular complexity index is 875. The van der Waals surface area contributed by atoms with Crippen molar-refractivity contribution in [3.8, 4) is 0 Å². The number of hydrogen-bond acceptors (Lipinski definition) is 5. The first-order valence-corrected chi connectivity index (χ1v) is 11.3. The molecule has 0 aromatic heterocycles. The Morgan fingerprint density at radius 3 is 2.75 bits per heavy atom. The standard InChI is InChI=1S/C26H37N5O/c1-7-20(14-15-21(8-2)27-6)18-29-22-12-11-13-23(16-22)31(10-4)26(32)25-17-24(28-9-3)19(5)30-25/h7-9,14-15,17,22-23,29-30H,2-3,5,10-13,16,18H2,1,4,6H3/b15-14-,20-7+,27-21+,28-24-. The molecule has 2 atom stereocenters. The third-order valence-electron chi connectivity index (χ3n) is 5.93. The van der Waals surface area contributed by atoms with Crippen LogP contribution in [0, 0.1) is 0 Å². The third-order valence-corrected chi connectivity index (χ3v) is 5.93. The molecule has 172 valence electrons. The molecule has 1 aliphatic carbocycles. The van der Waals surface area contributed by atoms with Gasteiger partial charge in [-0.2, -0.15) is 0 Å². The Kier molecular flexibility index (Phi) is 10.1. The molecule has 0 bridgehead atoms. The van der Waals surface area contributed by atoms with Crippen molar-refractivity contribution in [2.24, 2.45) is 9.98 Å². The molecule has 2 N–H and O–H groups in total. The number of aliphatic imine (C=N–C) groups is 2. The smallest absolute Gasteiger partial charge is 0.270 e. The first-order valence-electron chi connectivity index (χ1n) is 11.3. The molecular formula is C26H37N5O. The number of carbonyl (C=O) groups excluding carboxylic acids is 1. The van der Waals surface area contributed by atoms with E-state index in [9.17, 15) is 4.79 Å². The number of amides is 1. The number of nitrogens with zero attached hydrogens (tertiary/aromatic N) is 3. The second-order valence-corrected chi connectivity index (χ2v) is 7.90. The minimum absolute atomic E-state index is 0.00134. The lowest BCUT2D eigenvalue weighted by Crippen LogP contribution is -2.48. The lowest BCUT2D eigenvalue weighted by Gasteiger charge is -2.37. The summed E-state index contributed by atoms with van der Waals surface area (Å²) in [6.07, 6.45) is 15.3. The van der Waals surface area contributed by atoms with Crippen LogP contribution in [-0.2, 0) is 4.79 Å². The van der Waals surface area contributed by atoms with Crippen LogP contribution in [0.2, 0.25) is 0 Å². The van der Waals surface area contributed by atoms with E-state index in [0.717, 1.165) is 37.9 Å². The SMILES string of the molecule is C=C/N=C1/C=C(C(=O)N(CC)C2CCCC(NCC(/C=C\C(C=C)=N\C)=C/C)C2)NC1=C. The van der Waals surface area contributed by atoms with Crippen molar-refractivity contribution in [1.82, 2.24) is 15.5 Å². The molecule has 0 radical (unpaired) electrons. The van der Waals surface area contributed by atoms with Crippen LogP contribution in [0.5, 0.6) is 0 Å². The van der Waals surface area contributed by atoms with E-state index in [0.29, 0.717) is 29.7 Å². The summed E-state index contributed by atoms with van der Waals surface area (Å²) in [6, 6.07) is 0.579. The maximum atomic E-state index is 13.2. The number of hydrogen-bond donors (Lipinski definition) is 2. The highest BCUT2D eigenvalue weighted by Crippen LogP contribution is 2.25. The van der Waals surface area contributed by atoms with Crippen LogP contribution >= 0.6 is 0 Å². The largest absolute Gasteiger partial charge is 0.350 e. The van der Waals surface area contributed by atoms with E-state index in [1.54, 1.807) is 19.2 Å². The van der Waals surface area contributed by atoms with Crippen molar-refractivity contribution in [1.29, 1.82) is 0 Å². The van der Waals surface area contributed by atoms with Crippen LogP contribution in [-0.4, -0.2) is 54.5 Å². The molecule has 2 rings (SSSR count). The lowest BCUT2D eigenvalue weighted by molar-refractivity contribution is -0.130. The maximum absolute atomic E-state index is 13.2. The van der Waals surface area contributed by atoms with Crippen LogP contribution in [0.1, 0.15) is 39.5 Å². The molecule has 1 aliphatic heterocycles. The first-order chi connectivity index (χ1) is 15.5. The number of nitrogens with one attached hydrogen (secondary N) is 2. The Morgan fingerprint density at radius 2 is 2.12 bits per heavy atom. The molecule has 0 spiro atoms. The van der Waals surface area contributed by atoms with Gasteiger partial charge in [-0.25, -0.2) is 0 Å². The first kappa shape index (κ1) is 25.3. The molecule has 0 aromatic rings. The summed E-state index contributed by atoms with van der Waals surface area (Å²) < 4.78 is 0. The molecule has 32 heavy (non-hydrogen) atoms. The van der Waals surface area contributed by atoms with E-state index in [1.165, 1.54) is 11.8 Å². The summed E-state index contributed by atoms with van der Waals surface area (Å²) in [7, 11) is 1.76. The van der Waals surface area contributed by atoms with Crippen molar-refractivity contribution in [3.05, 3.63) is 73.3 Å². The molecule has 6 heteroatoms. The zero-order valence-corrected chi connectivity index (χ0v) is 19.7. The lowest BCUT2D eigenvalue weighted by atomic mass is 9.89. The molecule has 2 aliphatic rings. The van der Waals surface area contributed by atoms with E-state index in [1.807, 2.05) is 24.8 Å². The summed E-state index contributed by atoms with van der Waals surface area (Å²) in [5.41, 5.74) is 3.88. The number of rotatable bonds is 10. The fraction of sp³-hybridized carbons (Fsp3) is 0.423. The van der Waals surface area contributed by atoms with E-state index >= 15 is 0 Å². The van der Waals surface area contributed by atoms with Gasteiger partial charge in [0.15, 0.2) is 0 Å². The molecule has 2 unspecified atom stereocenters. The molecule has 1 heterocycles. The van der Waals surface area contributed by atoms with Crippen LogP contribution in [0.3, 0.4) is 0 Å². The summed E-state index contributed by atoms with van der Waals surface area (Å²) in [5, 5.41) is 6.77. The highest BCUT2D eigenvalue weighted by molar-refractivity contribution is 6.16. The van der Waals surface area contributed by atoms with Crippen molar-refractivity contribution in [2.45, 2.75) is 51.6 Å². The highest BCUT2D eigenvalue weighted by atomic mass is 16.2. The summed E-state index contributed by atoms with van der Waals surface area (Å²) in [6.45, 7) is 16.9. The van der Waals surface area contributed by atoms with E-state index in [4.69, 9.17) is 0 Å². The molecule has 6 nitrogen and oxygen atoms in total. The van der Waals surface area contributed by atoms with Crippen LogP contribution in [0.25, 0.3) is 0 Å². The maximum Gasteiger partial charge on any atom is 0.270 e. The van der Waals surface area contributed by atoms with Gasteiger partial charge in [-0.3, -0.25) is 14.8 Å². The van der Waals surface area contributed by atoms with Gasteiger partial charge in [-0.05, 0) is 63.3 Å². The van der Waals surface area contributed by atoms with Crippen LogP contribution < -0.4 is 10.6 Å². The predicted molar refractivity (Wildman–Crippen MR) is 136 cm³/mol. The van der Waals surface area contributed by atoms with Gasteiger partial charge in [0.2, 0.25) is 0 Å². The minimum Gasteiger partial charge on any atom is -0.350 e. The van der Waals surface area contributed by atoms with Gasteiger partial charge < -0.3 is 15.5 Å². The average molecular weight is 436 g/mol. The molecule has 1 fully saturated rings. The van der Waals surface area contributed by atoms with E-state index in [2.05, 4.69) is 52.5 Å². The van der Waals surface area contributed by atoms with Gasteiger partial charge in [0.1, 0.15) is 5.70 Å². The van der Waals surface area contributed by atoms with Crippen molar-refractivity contribution in [2.75, 3.05) is 20.1 Å². The van der Waals surface area contributed by atoms with Gasteiger partial charge in [0, 0.05) is 38.4 Å². The van der Waals surface area contributed by atoms with Gasteiger partial charge in [-0.1, -0.05) is 31.9 Å². The van der Waals surface area contributed by atoms with Crippen molar-refractivity contribution >= 4 is 17.3 Å².